The van der Waals surface area contributed by atoms with Crippen LogP contribution in [0.4, 0.5) is 0 Å². The van der Waals surface area contributed by atoms with Crippen LogP contribution in [-0.2, 0) is 6.54 Å². The lowest BCUT2D eigenvalue weighted by atomic mass is 10.0. The molecule has 0 unspecified atom stereocenters. The average molecular weight is 566 g/mol. The number of piperidine rings is 1. The molecule has 174 valence electrons. The van der Waals surface area contributed by atoms with E-state index < -0.39 is 0 Å². The number of rotatable bonds is 7. The van der Waals surface area contributed by atoms with Crippen molar-refractivity contribution < 1.29 is 0 Å². The van der Waals surface area contributed by atoms with Gasteiger partial charge in [-0.1, -0.05) is 37.1 Å². The second-order valence-electron chi connectivity index (χ2n) is 8.75. The summed E-state index contributed by atoms with van der Waals surface area (Å²) in [5, 5.41) is 7.35. The minimum absolute atomic E-state index is 0. The number of likely N-dealkylation sites (tertiary alicyclic amines) is 1. The molecule has 1 aromatic carbocycles. The fraction of sp³-hybridized carbons (Fsp3) is 0.520. The maximum Gasteiger partial charge on any atom is 0.191 e. The van der Waals surface area contributed by atoms with Crippen molar-refractivity contribution in [2.45, 2.75) is 60.8 Å². The van der Waals surface area contributed by atoms with E-state index in [1.165, 1.54) is 30.6 Å². The molecule has 2 fully saturated rings. The van der Waals surface area contributed by atoms with Crippen LogP contribution in [0.1, 0.15) is 44.2 Å². The van der Waals surface area contributed by atoms with Crippen LogP contribution in [0.3, 0.4) is 0 Å². The molecule has 2 N–H and O–H groups in total. The molecule has 0 amide bonds. The molecule has 1 aliphatic carbocycles. The molecule has 1 saturated carbocycles. The summed E-state index contributed by atoms with van der Waals surface area (Å²) in [6.07, 6.45) is 9.33. The van der Waals surface area contributed by atoms with Gasteiger partial charge in [-0.25, -0.2) is 0 Å². The maximum absolute atomic E-state index is 4.53. The second-order valence-corrected chi connectivity index (χ2v) is 10.3. The van der Waals surface area contributed by atoms with E-state index >= 15 is 0 Å². The number of guanidine groups is 1. The minimum atomic E-state index is 0. The number of nitrogens with one attached hydrogen (secondary N) is 2. The Kier molecular flexibility index (Phi) is 10.1. The van der Waals surface area contributed by atoms with Gasteiger partial charge in [0.25, 0.3) is 0 Å². The Hall–Kier alpha value is -1.32. The second kappa shape index (κ2) is 12.8. The molecule has 2 aliphatic rings. The predicted molar refractivity (Wildman–Crippen MR) is 146 cm³/mol. The van der Waals surface area contributed by atoms with Crippen molar-refractivity contribution in [3.05, 3.63) is 60.4 Å². The smallest absolute Gasteiger partial charge is 0.191 e. The normalized spacial score (nSPS) is 19.3. The quantitative estimate of drug-likeness (QED) is 0.283. The first-order valence-corrected chi connectivity index (χ1v) is 12.4. The van der Waals surface area contributed by atoms with Crippen LogP contribution in [0.15, 0.2) is 64.6 Å². The van der Waals surface area contributed by atoms with Gasteiger partial charge in [-0.3, -0.25) is 14.9 Å². The van der Waals surface area contributed by atoms with Crippen molar-refractivity contribution in [3.8, 4) is 0 Å². The Morgan fingerprint density at radius 3 is 2.47 bits per heavy atom. The third-order valence-electron chi connectivity index (χ3n) is 6.43. The monoisotopic (exact) mass is 565 g/mol. The van der Waals surface area contributed by atoms with E-state index in [1.807, 2.05) is 31.1 Å². The molecule has 2 aromatic rings. The highest BCUT2D eigenvalue weighted by Crippen LogP contribution is 2.44. The zero-order chi connectivity index (χ0) is 21.4. The highest BCUT2D eigenvalue weighted by Gasteiger charge is 2.35. The first kappa shape index (κ1) is 25.3. The number of aliphatic imine (C=N–C) groups is 1. The molecular formula is C25H36IN5S. The summed E-state index contributed by atoms with van der Waals surface area (Å²) in [6.45, 7) is 4.10. The molecule has 7 heteroatoms. The van der Waals surface area contributed by atoms with E-state index in [0.29, 0.717) is 6.04 Å². The van der Waals surface area contributed by atoms with Crippen molar-refractivity contribution in [1.82, 2.24) is 20.5 Å². The third kappa shape index (κ3) is 7.35. The van der Waals surface area contributed by atoms with Gasteiger partial charge < -0.3 is 10.6 Å². The fourth-order valence-electron chi connectivity index (χ4n) is 4.66. The topological polar surface area (TPSA) is 52.6 Å². The first-order chi connectivity index (χ1) is 15.2. The summed E-state index contributed by atoms with van der Waals surface area (Å²) >= 11 is 2.04. The molecule has 0 radical (unpaired) electrons. The van der Waals surface area contributed by atoms with Gasteiger partial charge in [0.15, 0.2) is 5.96 Å². The molecular weight excluding hydrogens is 529 g/mol. The van der Waals surface area contributed by atoms with Crippen molar-refractivity contribution in [2.75, 3.05) is 26.7 Å². The third-order valence-corrected chi connectivity index (χ3v) is 7.93. The van der Waals surface area contributed by atoms with E-state index in [-0.39, 0.29) is 28.7 Å². The lowest BCUT2D eigenvalue weighted by Gasteiger charge is -2.34. The lowest BCUT2D eigenvalue weighted by Crippen LogP contribution is -2.50. The molecule has 1 aliphatic heterocycles. The maximum atomic E-state index is 4.53. The number of hydrogen-bond acceptors (Lipinski definition) is 4. The van der Waals surface area contributed by atoms with Crippen LogP contribution in [-0.4, -0.2) is 53.3 Å². The van der Waals surface area contributed by atoms with Crippen LogP contribution >= 0.6 is 35.7 Å². The summed E-state index contributed by atoms with van der Waals surface area (Å²) < 4.78 is 0.269. The van der Waals surface area contributed by atoms with Crippen molar-refractivity contribution in [3.63, 3.8) is 0 Å². The minimum Gasteiger partial charge on any atom is -0.355 e. The Morgan fingerprint density at radius 1 is 1.09 bits per heavy atom. The number of pyridine rings is 1. The standard InChI is InChI=1S/C25H35N5S.HI/c1-26-24(28-20-25(14-6-7-15-25)31-23-10-3-2-4-11-23)29-21-12-17-30(18-13-21)19-22-9-5-8-16-27-22;/h2-5,8-11,16,21H,6-7,12-15,17-20H2,1H3,(H2,26,28,29);1H. The molecule has 1 aromatic heterocycles. The number of thioether (sulfide) groups is 1. The number of nitrogens with zero attached hydrogens (tertiary/aromatic N) is 3. The summed E-state index contributed by atoms with van der Waals surface area (Å²) in [7, 11) is 1.89. The number of aromatic nitrogens is 1. The van der Waals surface area contributed by atoms with Gasteiger partial charge >= 0.3 is 0 Å². The lowest BCUT2D eigenvalue weighted by molar-refractivity contribution is 0.196. The predicted octanol–water partition coefficient (Wildman–Crippen LogP) is 4.93. The van der Waals surface area contributed by atoms with Crippen molar-refractivity contribution in [2.24, 2.45) is 4.99 Å². The zero-order valence-corrected chi connectivity index (χ0v) is 22.1. The van der Waals surface area contributed by atoms with Gasteiger partial charge in [0, 0.05) is 55.1 Å². The molecule has 0 bridgehead atoms. The molecule has 4 rings (SSSR count). The van der Waals surface area contributed by atoms with Gasteiger partial charge in [-0.2, -0.15) is 0 Å². The Labute approximate surface area is 214 Å². The van der Waals surface area contributed by atoms with E-state index in [9.17, 15) is 0 Å². The largest absolute Gasteiger partial charge is 0.355 e. The number of halogens is 1. The Bertz CT molecular complexity index is 819. The molecule has 0 atom stereocenters. The molecule has 5 nitrogen and oxygen atoms in total. The van der Waals surface area contributed by atoms with Gasteiger partial charge in [0.1, 0.15) is 0 Å². The SMILES string of the molecule is CN=C(NCC1(Sc2ccccc2)CCCC1)NC1CCN(Cc2ccccn2)CC1.I. The number of benzene rings is 1. The van der Waals surface area contributed by atoms with Gasteiger partial charge in [-0.05, 0) is 49.9 Å². The molecule has 2 heterocycles. The summed E-state index contributed by atoms with van der Waals surface area (Å²) in [5.74, 6) is 0.947. The van der Waals surface area contributed by atoms with Crippen LogP contribution in [0.2, 0.25) is 0 Å². The Morgan fingerprint density at radius 2 is 1.81 bits per heavy atom. The van der Waals surface area contributed by atoms with Crippen LogP contribution < -0.4 is 10.6 Å². The summed E-state index contributed by atoms with van der Waals surface area (Å²) in [5.41, 5.74) is 1.16. The first-order valence-electron chi connectivity index (χ1n) is 11.6. The van der Waals surface area contributed by atoms with E-state index in [1.54, 1.807) is 0 Å². The van der Waals surface area contributed by atoms with Crippen LogP contribution in [0.25, 0.3) is 0 Å². The van der Waals surface area contributed by atoms with Gasteiger partial charge in [0.05, 0.1) is 5.69 Å². The van der Waals surface area contributed by atoms with Crippen molar-refractivity contribution >= 4 is 41.7 Å². The highest BCUT2D eigenvalue weighted by molar-refractivity contribution is 14.0. The molecule has 32 heavy (non-hydrogen) atoms. The summed E-state index contributed by atoms with van der Waals surface area (Å²) in [6, 6.07) is 17.5. The Balaban J connectivity index is 0.00000289. The van der Waals surface area contributed by atoms with Crippen molar-refractivity contribution in [1.29, 1.82) is 0 Å². The molecule has 0 spiro atoms. The van der Waals surface area contributed by atoms with E-state index in [2.05, 4.69) is 68.0 Å². The van der Waals surface area contributed by atoms with Crippen LogP contribution in [0, 0.1) is 0 Å². The van der Waals surface area contributed by atoms with Gasteiger partial charge in [0.2, 0.25) is 0 Å². The molecule has 1 saturated heterocycles. The van der Waals surface area contributed by atoms with Crippen LogP contribution in [0.5, 0.6) is 0 Å². The average Bonchev–Trinajstić information content (AvgIpc) is 3.27. The summed E-state index contributed by atoms with van der Waals surface area (Å²) in [4.78, 5) is 12.9. The number of hydrogen-bond donors (Lipinski definition) is 2. The van der Waals surface area contributed by atoms with E-state index in [4.69, 9.17) is 0 Å². The fourth-order valence-corrected chi connectivity index (χ4v) is 6.09. The van der Waals surface area contributed by atoms with E-state index in [0.717, 1.165) is 50.7 Å². The highest BCUT2D eigenvalue weighted by atomic mass is 127. The zero-order valence-electron chi connectivity index (χ0n) is 19.0. The van der Waals surface area contributed by atoms with Gasteiger partial charge in [-0.15, -0.1) is 35.7 Å².